The molecule has 117 valence electrons. The Morgan fingerprint density at radius 3 is 2.67 bits per heavy atom. The second-order valence-corrected chi connectivity index (χ2v) is 5.62. The normalized spacial score (nSPS) is 14.9. The summed E-state index contributed by atoms with van der Waals surface area (Å²) < 4.78 is 7.05. The van der Waals surface area contributed by atoms with Crippen molar-refractivity contribution in [3.8, 4) is 0 Å². The minimum Gasteiger partial charge on any atom is -0.379 e. The van der Waals surface area contributed by atoms with Crippen LogP contribution in [0, 0.1) is 6.92 Å². The van der Waals surface area contributed by atoms with E-state index in [0.717, 1.165) is 44.2 Å². The molecule has 3 heterocycles. The van der Waals surface area contributed by atoms with Gasteiger partial charge in [0, 0.05) is 69.0 Å². The highest BCUT2D eigenvalue weighted by Gasteiger charge is 2.11. The number of hydrogen-bond acceptors (Lipinski definition) is 4. The molecule has 2 aromatic rings. The lowest BCUT2D eigenvalue weighted by Crippen LogP contribution is -2.39. The number of pyridine rings is 1. The molecule has 0 aliphatic carbocycles. The van der Waals surface area contributed by atoms with Gasteiger partial charge >= 0.3 is 0 Å². The Hall–Kier alpha value is -1.34. The molecule has 1 aliphatic heterocycles. The molecule has 0 amide bonds. The van der Waals surface area contributed by atoms with Gasteiger partial charge < -0.3 is 14.3 Å². The van der Waals surface area contributed by atoms with Crippen LogP contribution in [-0.4, -0.2) is 88.9 Å². The van der Waals surface area contributed by atoms with Crippen LogP contribution in [-0.2, 0) is 11.3 Å². The second-order valence-electron chi connectivity index (χ2n) is 5.62. The number of morpholine rings is 1. The minimum atomic E-state index is -0.463. The van der Waals surface area contributed by atoms with E-state index in [1.807, 2.05) is 19.2 Å². The van der Waals surface area contributed by atoms with Gasteiger partial charge in [-0.25, -0.2) is 4.98 Å². The highest BCUT2D eigenvalue weighted by Crippen LogP contribution is 2.05. The Morgan fingerprint density at radius 2 is 2.04 bits per heavy atom. The zero-order valence-electron chi connectivity index (χ0n) is 13.9. The summed E-state index contributed by atoms with van der Waals surface area (Å²) in [7, 11) is 15.8. The van der Waals surface area contributed by atoms with Gasteiger partial charge in [-0.05, 0) is 13.0 Å². The van der Waals surface area contributed by atoms with Crippen LogP contribution in [0.1, 0.15) is 5.82 Å². The molecule has 11 heteroatoms. The number of rotatable bonds is 4. The quantitative estimate of drug-likeness (QED) is 0.695. The number of imidazole rings is 1. The third-order valence-electron chi connectivity index (χ3n) is 3.72. The van der Waals surface area contributed by atoms with Crippen LogP contribution >= 0.6 is 0 Å². The molecule has 1 N–H and O–H groups in total. The predicted octanol–water partition coefficient (Wildman–Crippen LogP) is -1.54. The van der Waals surface area contributed by atoms with Crippen molar-refractivity contribution in [1.29, 1.82) is 0 Å². The van der Waals surface area contributed by atoms with E-state index in [2.05, 4.69) is 14.9 Å². The Labute approximate surface area is 147 Å². The molecule has 0 bridgehead atoms. The van der Waals surface area contributed by atoms with E-state index in [4.69, 9.17) is 27.9 Å². The molecular weight excluding hydrogens is 298 g/mol. The number of H-pyrrole nitrogens is 1. The summed E-state index contributed by atoms with van der Waals surface area (Å²) in [6.45, 7) is 6.88. The van der Waals surface area contributed by atoms with Crippen LogP contribution in [0.25, 0.3) is 11.0 Å². The Bertz CT molecular complexity index is 699. The monoisotopic (exact) mass is 317 g/mol. The van der Waals surface area contributed by atoms with Crippen molar-refractivity contribution in [1.82, 2.24) is 19.4 Å². The molecule has 6 nitrogen and oxygen atoms in total. The van der Waals surface area contributed by atoms with Gasteiger partial charge in [-0.2, -0.15) is 0 Å². The molecule has 0 saturated carbocycles. The maximum absolute atomic E-state index is 12.3. The Kier molecular flexibility index (Phi) is 7.30. The second kappa shape index (κ2) is 9.23. The fraction of sp³-hybridized carbons (Fsp3) is 0.538. The molecular formula is C13H18B5N4O2. The zero-order valence-corrected chi connectivity index (χ0v) is 13.9. The predicted molar refractivity (Wildman–Crippen MR) is 101 cm³/mol. The summed E-state index contributed by atoms with van der Waals surface area (Å²) in [6.07, 6.45) is 1.37. The lowest BCUT2D eigenvalue weighted by atomic mass is 8.97. The lowest BCUT2D eigenvalue weighted by Gasteiger charge is -2.26. The number of ether oxygens (including phenoxy) is 1. The number of aromatic amines is 1. The van der Waals surface area contributed by atoms with E-state index < -0.39 is 6.39 Å². The molecule has 7 radical (unpaired) electrons. The molecule has 1 saturated heterocycles. The summed E-state index contributed by atoms with van der Waals surface area (Å²) in [5.74, 6) is 0.776. The van der Waals surface area contributed by atoms with Gasteiger partial charge in [0.1, 0.15) is 5.82 Å². The lowest BCUT2D eigenvalue weighted by molar-refractivity contribution is 0.0363. The average molecular weight is 316 g/mol. The molecule has 2 aromatic heterocycles. The maximum atomic E-state index is 12.3. The third-order valence-corrected chi connectivity index (χ3v) is 3.72. The van der Waals surface area contributed by atoms with Crippen molar-refractivity contribution in [2.75, 3.05) is 32.8 Å². The van der Waals surface area contributed by atoms with Crippen LogP contribution in [0.4, 0.5) is 0 Å². The van der Waals surface area contributed by atoms with Crippen LogP contribution in [0.5, 0.6) is 0 Å². The van der Waals surface area contributed by atoms with E-state index in [1.54, 1.807) is 4.57 Å². The van der Waals surface area contributed by atoms with Crippen molar-refractivity contribution >= 4 is 47.7 Å². The third kappa shape index (κ3) is 5.35. The van der Waals surface area contributed by atoms with Crippen molar-refractivity contribution in [2.45, 2.75) is 13.5 Å². The summed E-state index contributed by atoms with van der Waals surface area (Å²) in [4.78, 5) is 21.9. The van der Waals surface area contributed by atoms with Gasteiger partial charge in [-0.15, -0.1) is 0 Å². The highest BCUT2D eigenvalue weighted by atomic mass is 16.5. The molecule has 1 aliphatic rings. The molecule has 1 fully saturated rings. The van der Waals surface area contributed by atoms with E-state index in [1.165, 1.54) is 7.06 Å². The molecule has 3 rings (SSSR count). The van der Waals surface area contributed by atoms with E-state index >= 15 is 0 Å². The smallest absolute Gasteiger partial charge is 0.278 e. The first-order valence-electron chi connectivity index (χ1n) is 7.93. The largest absolute Gasteiger partial charge is 0.379 e. The van der Waals surface area contributed by atoms with E-state index in [-0.39, 0.29) is 5.56 Å². The molecule has 0 spiro atoms. The topological polar surface area (TPSA) is 63.1 Å². The SMILES string of the molecule is Cc1nc2c(=O)n(CCN3CCOCC3)ccc2[nH]1.[B][B]B([B])[B]. The fourth-order valence-corrected chi connectivity index (χ4v) is 2.41. The Morgan fingerprint density at radius 1 is 1.38 bits per heavy atom. The van der Waals surface area contributed by atoms with Gasteiger partial charge in [0.2, 0.25) is 0 Å². The van der Waals surface area contributed by atoms with Crippen molar-refractivity contribution in [2.24, 2.45) is 0 Å². The summed E-state index contributed by atoms with van der Waals surface area (Å²) in [5.41, 5.74) is 1.32. The molecule has 0 atom stereocenters. The van der Waals surface area contributed by atoms with Gasteiger partial charge in [-0.1, -0.05) is 0 Å². The van der Waals surface area contributed by atoms with Gasteiger partial charge in [-0.3, -0.25) is 9.69 Å². The number of fused-ring (bicyclic) bond motifs is 1. The summed E-state index contributed by atoms with van der Waals surface area (Å²) in [6, 6.07) is 1.91. The van der Waals surface area contributed by atoms with Crippen molar-refractivity contribution in [3.05, 3.63) is 28.4 Å². The van der Waals surface area contributed by atoms with Crippen LogP contribution < -0.4 is 5.56 Å². The number of nitrogens with one attached hydrogen (secondary N) is 1. The van der Waals surface area contributed by atoms with Crippen LogP contribution in [0.2, 0.25) is 0 Å². The van der Waals surface area contributed by atoms with Crippen LogP contribution in [0.3, 0.4) is 0 Å². The molecule has 0 unspecified atom stereocenters. The zero-order chi connectivity index (χ0) is 17.5. The van der Waals surface area contributed by atoms with Gasteiger partial charge in [0.15, 0.2) is 5.52 Å². The number of hydrogen-bond donors (Lipinski definition) is 1. The van der Waals surface area contributed by atoms with E-state index in [0.29, 0.717) is 12.1 Å². The fourth-order valence-electron chi connectivity index (χ4n) is 2.41. The first-order valence-corrected chi connectivity index (χ1v) is 7.93. The standard InChI is InChI=1S/C13H18N4O2.B5/c1-10-14-11-2-3-17(13(18)12(11)15-10)5-4-16-6-8-19-9-7-16;1-4-5(2)3/h2-3H,4-9H2,1H3,(H,14,15);. The summed E-state index contributed by atoms with van der Waals surface area (Å²) >= 11 is 0. The number of nitrogens with zero attached hydrogens (tertiary/aromatic N) is 3. The number of aromatic nitrogens is 3. The van der Waals surface area contributed by atoms with Gasteiger partial charge in [0.25, 0.3) is 5.56 Å². The summed E-state index contributed by atoms with van der Waals surface area (Å²) in [5, 5.41) is 0. The van der Waals surface area contributed by atoms with Crippen molar-refractivity contribution < 1.29 is 4.74 Å². The molecule has 24 heavy (non-hydrogen) atoms. The minimum absolute atomic E-state index is 0.0184. The number of aryl methyl sites for hydroxylation is 1. The average Bonchev–Trinajstić information content (AvgIpc) is 2.97. The Balaban J connectivity index is 0.000000368. The highest BCUT2D eigenvalue weighted by molar-refractivity contribution is 7.60. The van der Waals surface area contributed by atoms with Crippen LogP contribution in [0.15, 0.2) is 17.1 Å². The van der Waals surface area contributed by atoms with Gasteiger partial charge in [0.05, 0.1) is 18.7 Å². The van der Waals surface area contributed by atoms with Crippen molar-refractivity contribution in [3.63, 3.8) is 0 Å². The first-order chi connectivity index (χ1) is 11.5. The maximum Gasteiger partial charge on any atom is 0.278 e. The van der Waals surface area contributed by atoms with E-state index in [9.17, 15) is 4.79 Å². The molecule has 0 aromatic carbocycles. The first kappa shape index (κ1) is 19.0.